The van der Waals surface area contributed by atoms with Crippen molar-refractivity contribution in [1.82, 2.24) is 4.90 Å². The molecule has 0 unspecified atom stereocenters. The van der Waals surface area contributed by atoms with Gasteiger partial charge in [-0.25, -0.2) is 0 Å². The standard InChI is InChI=1S/C22H30N2O3/c1-15-5-3-6-16-7-4-12-23(21(15)16)22(26)17-13-20(25)24(14-17)18-8-10-19(27-2)11-9-18/h8-11,15-17,21H,3-7,12-14H2,1-2H3/t15-,16-,17+,21-/m0/s1. The van der Waals surface area contributed by atoms with Crippen LogP contribution in [0.15, 0.2) is 24.3 Å². The second-order valence-electron chi connectivity index (χ2n) is 8.44. The molecule has 5 heteroatoms. The van der Waals surface area contributed by atoms with E-state index in [-0.39, 0.29) is 17.7 Å². The van der Waals surface area contributed by atoms with Crippen molar-refractivity contribution in [2.24, 2.45) is 17.8 Å². The summed E-state index contributed by atoms with van der Waals surface area (Å²) in [5.74, 6) is 2.02. The van der Waals surface area contributed by atoms with Crippen LogP contribution < -0.4 is 9.64 Å². The van der Waals surface area contributed by atoms with Gasteiger partial charge >= 0.3 is 0 Å². The number of ether oxygens (including phenoxy) is 1. The van der Waals surface area contributed by atoms with Crippen LogP contribution in [0.25, 0.3) is 0 Å². The topological polar surface area (TPSA) is 49.9 Å². The molecule has 3 fully saturated rings. The molecule has 1 saturated carbocycles. The molecule has 4 rings (SSSR count). The molecule has 0 bridgehead atoms. The summed E-state index contributed by atoms with van der Waals surface area (Å²) in [5.41, 5.74) is 0.846. The number of carbonyl (C=O) groups excluding carboxylic acids is 2. The third-order valence-electron chi connectivity index (χ3n) is 6.78. The number of hydrogen-bond donors (Lipinski definition) is 0. The number of carbonyl (C=O) groups is 2. The molecule has 0 aromatic heterocycles. The van der Waals surface area contributed by atoms with Crippen molar-refractivity contribution < 1.29 is 14.3 Å². The molecule has 146 valence electrons. The predicted octanol–water partition coefficient (Wildman–Crippen LogP) is 3.48. The van der Waals surface area contributed by atoms with E-state index in [9.17, 15) is 9.59 Å². The molecule has 1 aromatic rings. The Morgan fingerprint density at radius 1 is 1.11 bits per heavy atom. The average molecular weight is 370 g/mol. The maximum Gasteiger partial charge on any atom is 0.228 e. The number of hydrogen-bond acceptors (Lipinski definition) is 3. The number of nitrogens with zero attached hydrogens (tertiary/aromatic N) is 2. The zero-order valence-electron chi connectivity index (χ0n) is 16.4. The Hall–Kier alpha value is -2.04. The van der Waals surface area contributed by atoms with E-state index >= 15 is 0 Å². The fourth-order valence-electron chi connectivity index (χ4n) is 5.43. The minimum atomic E-state index is -0.215. The maximum atomic E-state index is 13.4. The van der Waals surface area contributed by atoms with Gasteiger partial charge in [0.25, 0.3) is 0 Å². The highest BCUT2D eigenvalue weighted by Gasteiger charge is 2.44. The van der Waals surface area contributed by atoms with Crippen molar-refractivity contribution in [2.45, 2.75) is 51.5 Å². The second kappa shape index (κ2) is 7.53. The quantitative estimate of drug-likeness (QED) is 0.819. The predicted molar refractivity (Wildman–Crippen MR) is 105 cm³/mol. The van der Waals surface area contributed by atoms with Gasteiger partial charge in [0.15, 0.2) is 0 Å². The van der Waals surface area contributed by atoms with Crippen molar-refractivity contribution in [3.63, 3.8) is 0 Å². The Morgan fingerprint density at radius 2 is 1.85 bits per heavy atom. The first-order chi connectivity index (χ1) is 13.1. The summed E-state index contributed by atoms with van der Waals surface area (Å²) in [6.07, 6.45) is 6.43. The van der Waals surface area contributed by atoms with Gasteiger partial charge in [-0.2, -0.15) is 0 Å². The van der Waals surface area contributed by atoms with Gasteiger partial charge in [-0.05, 0) is 61.8 Å². The van der Waals surface area contributed by atoms with Crippen LogP contribution in [0.2, 0.25) is 0 Å². The normalized spacial score (nSPS) is 31.0. The summed E-state index contributed by atoms with van der Waals surface area (Å²) >= 11 is 0. The van der Waals surface area contributed by atoms with Crippen molar-refractivity contribution in [3.05, 3.63) is 24.3 Å². The Kier molecular flexibility index (Phi) is 5.11. The highest BCUT2D eigenvalue weighted by Crippen LogP contribution is 2.40. The Bertz CT molecular complexity index is 700. The van der Waals surface area contributed by atoms with Crippen LogP contribution in [0.1, 0.15) is 45.4 Å². The molecule has 0 spiro atoms. The first-order valence-corrected chi connectivity index (χ1v) is 10.3. The lowest BCUT2D eigenvalue weighted by Gasteiger charge is -2.48. The Labute approximate surface area is 161 Å². The van der Waals surface area contributed by atoms with Crippen LogP contribution in [-0.2, 0) is 9.59 Å². The fraction of sp³-hybridized carbons (Fsp3) is 0.636. The fourth-order valence-corrected chi connectivity index (χ4v) is 5.43. The van der Waals surface area contributed by atoms with Gasteiger partial charge < -0.3 is 14.5 Å². The van der Waals surface area contributed by atoms with E-state index in [0.29, 0.717) is 30.8 Å². The summed E-state index contributed by atoms with van der Waals surface area (Å²) in [7, 11) is 1.63. The summed E-state index contributed by atoms with van der Waals surface area (Å²) in [6.45, 7) is 3.65. The van der Waals surface area contributed by atoms with Gasteiger partial charge in [0, 0.05) is 31.2 Å². The number of likely N-dealkylation sites (tertiary alicyclic amines) is 1. The largest absolute Gasteiger partial charge is 0.497 e. The molecular weight excluding hydrogens is 340 g/mol. The maximum absolute atomic E-state index is 13.4. The van der Waals surface area contributed by atoms with Crippen molar-refractivity contribution in [1.29, 1.82) is 0 Å². The zero-order valence-corrected chi connectivity index (χ0v) is 16.4. The monoisotopic (exact) mass is 370 g/mol. The molecule has 27 heavy (non-hydrogen) atoms. The van der Waals surface area contributed by atoms with Gasteiger partial charge in [-0.15, -0.1) is 0 Å². The van der Waals surface area contributed by atoms with Crippen LogP contribution in [0.4, 0.5) is 5.69 Å². The minimum Gasteiger partial charge on any atom is -0.497 e. The van der Waals surface area contributed by atoms with Crippen LogP contribution in [0.5, 0.6) is 5.75 Å². The van der Waals surface area contributed by atoms with Crippen molar-refractivity contribution >= 4 is 17.5 Å². The molecule has 2 heterocycles. The molecule has 0 N–H and O–H groups in total. The molecule has 1 aliphatic carbocycles. The Morgan fingerprint density at radius 3 is 2.59 bits per heavy atom. The van der Waals surface area contributed by atoms with E-state index in [4.69, 9.17) is 4.74 Å². The van der Waals surface area contributed by atoms with E-state index in [1.165, 1.54) is 25.7 Å². The number of rotatable bonds is 3. The molecular formula is C22H30N2O3. The molecule has 3 aliphatic rings. The number of methoxy groups -OCH3 is 1. The zero-order chi connectivity index (χ0) is 19.0. The van der Waals surface area contributed by atoms with E-state index in [2.05, 4.69) is 11.8 Å². The van der Waals surface area contributed by atoms with Gasteiger partial charge in [0.05, 0.1) is 13.0 Å². The molecule has 5 nitrogen and oxygen atoms in total. The molecule has 2 aliphatic heterocycles. The van der Waals surface area contributed by atoms with Gasteiger partial charge in [0.1, 0.15) is 5.75 Å². The van der Waals surface area contributed by atoms with Crippen LogP contribution in [0, 0.1) is 17.8 Å². The first kappa shape index (κ1) is 18.3. The summed E-state index contributed by atoms with van der Waals surface area (Å²) in [4.78, 5) is 29.9. The third kappa shape index (κ3) is 3.44. The molecule has 1 aromatic carbocycles. The van der Waals surface area contributed by atoms with Crippen LogP contribution in [0.3, 0.4) is 0 Å². The highest BCUT2D eigenvalue weighted by atomic mass is 16.5. The Balaban J connectivity index is 1.48. The lowest BCUT2D eigenvalue weighted by molar-refractivity contribution is -0.143. The molecule has 0 radical (unpaired) electrons. The first-order valence-electron chi connectivity index (χ1n) is 10.3. The number of fused-ring (bicyclic) bond motifs is 1. The number of anilines is 1. The number of piperidine rings is 1. The second-order valence-corrected chi connectivity index (χ2v) is 8.44. The molecule has 2 saturated heterocycles. The van der Waals surface area contributed by atoms with E-state index in [1.54, 1.807) is 12.0 Å². The molecule has 2 amide bonds. The van der Waals surface area contributed by atoms with Gasteiger partial charge in [0.2, 0.25) is 11.8 Å². The highest BCUT2D eigenvalue weighted by molar-refractivity contribution is 6.00. The van der Waals surface area contributed by atoms with Crippen molar-refractivity contribution in [3.8, 4) is 5.75 Å². The lowest BCUT2D eigenvalue weighted by Crippen LogP contribution is -2.54. The smallest absolute Gasteiger partial charge is 0.228 e. The van der Waals surface area contributed by atoms with E-state index < -0.39 is 0 Å². The van der Waals surface area contributed by atoms with Gasteiger partial charge in [-0.1, -0.05) is 13.3 Å². The average Bonchev–Trinajstić information content (AvgIpc) is 3.09. The third-order valence-corrected chi connectivity index (χ3v) is 6.78. The number of benzene rings is 1. The van der Waals surface area contributed by atoms with Crippen molar-refractivity contribution in [2.75, 3.05) is 25.1 Å². The molecule has 4 atom stereocenters. The van der Waals surface area contributed by atoms with E-state index in [0.717, 1.165) is 24.4 Å². The number of amides is 2. The van der Waals surface area contributed by atoms with E-state index in [1.807, 2.05) is 24.3 Å². The van der Waals surface area contributed by atoms with Crippen LogP contribution >= 0.6 is 0 Å². The SMILES string of the molecule is COc1ccc(N2C[C@H](C(=O)N3CCC[C@@H]4CCC[C@H](C)[C@@H]43)CC2=O)cc1. The summed E-state index contributed by atoms with van der Waals surface area (Å²) in [6, 6.07) is 7.88. The minimum absolute atomic E-state index is 0.0452. The summed E-state index contributed by atoms with van der Waals surface area (Å²) in [5, 5.41) is 0. The lowest BCUT2D eigenvalue weighted by atomic mass is 9.72. The van der Waals surface area contributed by atoms with Crippen LogP contribution in [-0.4, -0.2) is 43.0 Å². The van der Waals surface area contributed by atoms with Gasteiger partial charge in [-0.3, -0.25) is 9.59 Å². The summed E-state index contributed by atoms with van der Waals surface area (Å²) < 4.78 is 5.19.